The summed E-state index contributed by atoms with van der Waals surface area (Å²) in [6.45, 7) is 3.89. The molecule has 0 aliphatic carbocycles. The van der Waals surface area contributed by atoms with Gasteiger partial charge in [-0.2, -0.15) is 13.2 Å². The zero-order valence-corrected chi connectivity index (χ0v) is 18.0. The minimum atomic E-state index is -4.62. The second kappa shape index (κ2) is 7.74. The van der Waals surface area contributed by atoms with Crippen molar-refractivity contribution in [3.63, 3.8) is 0 Å². The lowest BCUT2D eigenvalue weighted by molar-refractivity contribution is -0.137. The third-order valence-corrected chi connectivity index (χ3v) is 8.18. The van der Waals surface area contributed by atoms with Crippen molar-refractivity contribution in [2.75, 3.05) is 31.1 Å². The van der Waals surface area contributed by atoms with Crippen molar-refractivity contribution in [1.82, 2.24) is 10.3 Å². The van der Waals surface area contributed by atoms with Gasteiger partial charge in [0.25, 0.3) is 0 Å². The molecule has 3 heterocycles. The van der Waals surface area contributed by atoms with Crippen molar-refractivity contribution in [2.45, 2.75) is 22.4 Å². The number of rotatable bonds is 3. The highest BCUT2D eigenvalue weighted by molar-refractivity contribution is 7.91. The van der Waals surface area contributed by atoms with E-state index < -0.39 is 26.5 Å². The number of hydrogen-bond donors (Lipinski definition) is 1. The molecule has 2 saturated heterocycles. The van der Waals surface area contributed by atoms with Crippen LogP contribution in [0, 0.1) is 11.8 Å². The second-order valence-electron chi connectivity index (χ2n) is 8.47. The molecule has 168 valence electrons. The molecule has 5 nitrogen and oxygen atoms in total. The fourth-order valence-corrected chi connectivity index (χ4v) is 6.06. The summed E-state index contributed by atoms with van der Waals surface area (Å²) in [5.41, 5.74) is 0.654. The number of sulfone groups is 1. The van der Waals surface area contributed by atoms with Gasteiger partial charge in [-0.05, 0) is 61.7 Å². The molecule has 32 heavy (non-hydrogen) atoms. The Labute approximate surface area is 184 Å². The van der Waals surface area contributed by atoms with Crippen LogP contribution in [0.15, 0.2) is 64.5 Å². The fraction of sp³-hybridized carbons (Fsp3) is 0.348. The zero-order chi connectivity index (χ0) is 22.5. The SMILES string of the molecule is O=S(=O)(c1cccc(C(F)(F)F)c1)c1cnc2c(N3CC4CCNCC4C3)cccc2c1. The van der Waals surface area contributed by atoms with Gasteiger partial charge in [0.2, 0.25) is 9.84 Å². The van der Waals surface area contributed by atoms with Crippen molar-refractivity contribution in [2.24, 2.45) is 11.8 Å². The van der Waals surface area contributed by atoms with E-state index in [4.69, 9.17) is 0 Å². The predicted octanol–water partition coefficient (Wildman–Crippen LogP) is 4.13. The molecule has 1 N–H and O–H groups in total. The van der Waals surface area contributed by atoms with E-state index in [1.54, 1.807) is 6.07 Å². The minimum Gasteiger partial charge on any atom is -0.369 e. The smallest absolute Gasteiger partial charge is 0.369 e. The van der Waals surface area contributed by atoms with Crippen LogP contribution in [-0.4, -0.2) is 39.6 Å². The lowest BCUT2D eigenvalue weighted by Gasteiger charge is -2.23. The number of halogens is 3. The lowest BCUT2D eigenvalue weighted by Crippen LogP contribution is -2.35. The van der Waals surface area contributed by atoms with E-state index in [0.29, 0.717) is 28.8 Å². The summed E-state index contributed by atoms with van der Waals surface area (Å²) in [4.78, 5) is 6.23. The average Bonchev–Trinajstić information content (AvgIpc) is 3.22. The van der Waals surface area contributed by atoms with Gasteiger partial charge >= 0.3 is 6.18 Å². The summed E-state index contributed by atoms with van der Waals surface area (Å²) < 4.78 is 65.2. The fourth-order valence-electron chi connectivity index (χ4n) is 4.77. The molecule has 2 unspecified atom stereocenters. The van der Waals surface area contributed by atoms with E-state index in [0.717, 1.165) is 50.4 Å². The maximum Gasteiger partial charge on any atom is 0.416 e. The molecule has 2 fully saturated rings. The van der Waals surface area contributed by atoms with Gasteiger partial charge in [0.05, 0.1) is 26.6 Å². The minimum absolute atomic E-state index is 0.124. The number of fused-ring (bicyclic) bond motifs is 2. The Kier molecular flexibility index (Phi) is 5.13. The summed E-state index contributed by atoms with van der Waals surface area (Å²) in [6.07, 6.45) is -2.24. The van der Waals surface area contributed by atoms with E-state index >= 15 is 0 Å². The van der Waals surface area contributed by atoms with Crippen molar-refractivity contribution in [1.29, 1.82) is 0 Å². The number of alkyl halides is 3. The molecule has 0 radical (unpaired) electrons. The Balaban J connectivity index is 1.51. The summed E-state index contributed by atoms with van der Waals surface area (Å²) >= 11 is 0. The third-order valence-electron chi connectivity index (χ3n) is 6.46. The molecular weight excluding hydrogens is 439 g/mol. The van der Waals surface area contributed by atoms with E-state index in [9.17, 15) is 21.6 Å². The molecule has 2 aromatic carbocycles. The predicted molar refractivity (Wildman–Crippen MR) is 115 cm³/mol. The maximum absolute atomic E-state index is 13.1. The maximum atomic E-state index is 13.1. The summed E-state index contributed by atoms with van der Waals surface area (Å²) in [7, 11) is -4.15. The molecule has 5 rings (SSSR count). The quantitative estimate of drug-likeness (QED) is 0.636. The van der Waals surface area contributed by atoms with Gasteiger partial charge in [0.15, 0.2) is 0 Å². The van der Waals surface area contributed by atoms with Crippen LogP contribution in [0.2, 0.25) is 0 Å². The summed E-state index contributed by atoms with van der Waals surface area (Å²) in [5, 5.41) is 4.08. The number of nitrogens with one attached hydrogen (secondary N) is 1. The van der Waals surface area contributed by atoms with Gasteiger partial charge in [-0.3, -0.25) is 4.98 Å². The normalized spacial score (nSPS) is 21.7. The number of para-hydroxylation sites is 1. The van der Waals surface area contributed by atoms with Gasteiger partial charge in [0, 0.05) is 24.7 Å². The largest absolute Gasteiger partial charge is 0.416 e. The van der Waals surface area contributed by atoms with E-state index in [1.165, 1.54) is 18.3 Å². The first-order valence-corrected chi connectivity index (χ1v) is 12.0. The Hall–Kier alpha value is -2.65. The van der Waals surface area contributed by atoms with E-state index in [-0.39, 0.29) is 4.90 Å². The number of hydrogen-bond acceptors (Lipinski definition) is 5. The monoisotopic (exact) mass is 461 g/mol. The van der Waals surface area contributed by atoms with Crippen molar-refractivity contribution >= 4 is 26.4 Å². The van der Waals surface area contributed by atoms with Crippen LogP contribution < -0.4 is 10.2 Å². The molecule has 9 heteroatoms. The molecule has 3 aromatic rings. The van der Waals surface area contributed by atoms with Crippen molar-refractivity contribution in [3.8, 4) is 0 Å². The molecule has 2 atom stereocenters. The van der Waals surface area contributed by atoms with Crippen LogP contribution in [0.5, 0.6) is 0 Å². The van der Waals surface area contributed by atoms with Crippen LogP contribution in [0.25, 0.3) is 10.9 Å². The Morgan fingerprint density at radius 2 is 1.78 bits per heavy atom. The number of pyridine rings is 1. The molecular formula is C23H22F3N3O2S. The second-order valence-corrected chi connectivity index (χ2v) is 10.4. The molecule has 0 saturated carbocycles. The van der Waals surface area contributed by atoms with Gasteiger partial charge in [0.1, 0.15) is 0 Å². The Morgan fingerprint density at radius 3 is 2.56 bits per heavy atom. The number of piperidine rings is 1. The first-order chi connectivity index (χ1) is 15.2. The van der Waals surface area contributed by atoms with Crippen LogP contribution >= 0.6 is 0 Å². The topological polar surface area (TPSA) is 62.3 Å². The molecule has 2 aliphatic heterocycles. The van der Waals surface area contributed by atoms with E-state index in [2.05, 4.69) is 15.2 Å². The third kappa shape index (κ3) is 3.73. The van der Waals surface area contributed by atoms with E-state index in [1.807, 2.05) is 12.1 Å². The first-order valence-electron chi connectivity index (χ1n) is 10.5. The van der Waals surface area contributed by atoms with Crippen molar-refractivity contribution < 1.29 is 21.6 Å². The molecule has 1 aromatic heterocycles. The van der Waals surface area contributed by atoms with Gasteiger partial charge in [-0.1, -0.05) is 18.2 Å². The van der Waals surface area contributed by atoms with Crippen LogP contribution in [0.3, 0.4) is 0 Å². The number of benzene rings is 2. The number of nitrogens with zero attached hydrogens (tertiary/aromatic N) is 2. The molecule has 2 aliphatic rings. The van der Waals surface area contributed by atoms with Gasteiger partial charge in [-0.25, -0.2) is 8.42 Å². The highest BCUT2D eigenvalue weighted by atomic mass is 32.2. The Morgan fingerprint density at radius 1 is 1.00 bits per heavy atom. The number of anilines is 1. The van der Waals surface area contributed by atoms with Crippen LogP contribution in [-0.2, 0) is 16.0 Å². The molecule has 0 amide bonds. The standard InChI is InChI=1S/C23H22F3N3O2S/c24-23(25,26)18-4-2-5-19(10-18)32(30,31)20-9-15-3-1-6-21(22(15)28-12-20)29-13-16-7-8-27-11-17(16)14-29/h1-6,9-10,12,16-17,27H,7-8,11,13-14H2. The van der Waals surface area contributed by atoms with Gasteiger partial charge < -0.3 is 10.2 Å². The average molecular weight is 462 g/mol. The number of aromatic nitrogens is 1. The first kappa shape index (κ1) is 21.2. The Bertz CT molecular complexity index is 1260. The van der Waals surface area contributed by atoms with Crippen molar-refractivity contribution in [3.05, 3.63) is 60.3 Å². The lowest BCUT2D eigenvalue weighted by atomic mass is 9.90. The summed E-state index contributed by atoms with van der Waals surface area (Å²) in [5.74, 6) is 1.21. The zero-order valence-electron chi connectivity index (χ0n) is 17.1. The summed E-state index contributed by atoms with van der Waals surface area (Å²) in [6, 6.07) is 10.9. The molecule has 0 spiro atoms. The highest BCUT2D eigenvalue weighted by Gasteiger charge is 2.35. The van der Waals surface area contributed by atoms with Gasteiger partial charge in [-0.15, -0.1) is 0 Å². The molecule has 0 bridgehead atoms. The van der Waals surface area contributed by atoms with Crippen LogP contribution in [0.1, 0.15) is 12.0 Å². The van der Waals surface area contributed by atoms with Crippen LogP contribution in [0.4, 0.5) is 18.9 Å². The highest BCUT2D eigenvalue weighted by Crippen LogP contribution is 2.36.